The number of Topliss-reactive ketones (excluding diaryl/α,β-unsaturated/α-hetero) is 2. The summed E-state index contributed by atoms with van der Waals surface area (Å²) in [5, 5.41) is 2.46. The summed E-state index contributed by atoms with van der Waals surface area (Å²) in [4.78, 5) is 34.4. The lowest BCUT2D eigenvalue weighted by Gasteiger charge is -2.06. The maximum Gasteiger partial charge on any atom is 0.288 e. The van der Waals surface area contributed by atoms with Gasteiger partial charge in [0.1, 0.15) is 0 Å². The fourth-order valence-electron chi connectivity index (χ4n) is 1.29. The van der Waals surface area contributed by atoms with Gasteiger partial charge in [0.15, 0.2) is 5.78 Å². The maximum absolute atomic E-state index is 11.6. The molecule has 4 nitrogen and oxygen atoms in total. The van der Waals surface area contributed by atoms with Crippen molar-refractivity contribution in [1.29, 1.82) is 0 Å². The second-order valence-corrected chi connectivity index (χ2v) is 4.02. The highest BCUT2D eigenvalue weighted by molar-refractivity contribution is 6.40. The third-order valence-electron chi connectivity index (χ3n) is 2.09. The quantitative estimate of drug-likeness (QED) is 0.474. The second-order valence-electron chi connectivity index (χ2n) is 4.02. The van der Waals surface area contributed by atoms with Gasteiger partial charge in [0, 0.05) is 11.6 Å². The molecule has 1 N–H and O–H groups in total. The molecule has 0 aliphatic heterocycles. The van der Waals surface area contributed by atoms with Crippen LogP contribution in [0.2, 0.25) is 0 Å². The van der Waals surface area contributed by atoms with E-state index in [0.717, 1.165) is 0 Å². The van der Waals surface area contributed by atoms with Crippen LogP contribution in [0.3, 0.4) is 0 Å². The molecule has 0 aliphatic rings. The molecule has 0 heterocycles. The SMILES string of the molecule is CC(C)NC(=O)C(=O)CC(=O)c1ccccc1. The number of nitrogens with one attached hydrogen (secondary N) is 1. The van der Waals surface area contributed by atoms with Crippen LogP contribution in [-0.4, -0.2) is 23.5 Å². The third kappa shape index (κ3) is 4.18. The molecule has 0 fully saturated rings. The van der Waals surface area contributed by atoms with Gasteiger partial charge in [0.05, 0.1) is 6.42 Å². The first-order valence-electron chi connectivity index (χ1n) is 5.42. The molecule has 0 unspecified atom stereocenters. The van der Waals surface area contributed by atoms with Gasteiger partial charge in [-0.3, -0.25) is 14.4 Å². The van der Waals surface area contributed by atoms with Crippen molar-refractivity contribution >= 4 is 17.5 Å². The summed E-state index contributed by atoms with van der Waals surface area (Å²) in [6, 6.07) is 8.34. The molecule has 1 aromatic rings. The molecule has 0 aromatic heterocycles. The van der Waals surface area contributed by atoms with E-state index in [4.69, 9.17) is 0 Å². The summed E-state index contributed by atoms with van der Waals surface area (Å²) in [7, 11) is 0. The molecule has 0 saturated carbocycles. The van der Waals surface area contributed by atoms with Gasteiger partial charge in [0.25, 0.3) is 5.91 Å². The minimum absolute atomic E-state index is 0.113. The summed E-state index contributed by atoms with van der Waals surface area (Å²) in [6.07, 6.45) is -0.386. The topological polar surface area (TPSA) is 63.2 Å². The molecule has 0 aliphatic carbocycles. The summed E-state index contributed by atoms with van der Waals surface area (Å²) >= 11 is 0. The number of hydrogen-bond acceptors (Lipinski definition) is 3. The van der Waals surface area contributed by atoms with E-state index >= 15 is 0 Å². The Kier molecular flexibility index (Phi) is 4.57. The van der Waals surface area contributed by atoms with Crippen molar-refractivity contribution < 1.29 is 14.4 Å². The van der Waals surface area contributed by atoms with Gasteiger partial charge in [-0.1, -0.05) is 30.3 Å². The van der Waals surface area contributed by atoms with Crippen molar-refractivity contribution in [1.82, 2.24) is 5.32 Å². The van der Waals surface area contributed by atoms with Crippen LogP contribution in [-0.2, 0) is 9.59 Å². The molecule has 17 heavy (non-hydrogen) atoms. The Balaban J connectivity index is 2.58. The number of carbonyl (C=O) groups excluding carboxylic acids is 3. The first-order valence-corrected chi connectivity index (χ1v) is 5.42. The van der Waals surface area contributed by atoms with E-state index < -0.39 is 11.7 Å². The van der Waals surface area contributed by atoms with Crippen LogP contribution in [0.1, 0.15) is 30.6 Å². The number of rotatable bonds is 5. The fourth-order valence-corrected chi connectivity index (χ4v) is 1.29. The molecule has 0 spiro atoms. The highest BCUT2D eigenvalue weighted by Gasteiger charge is 2.18. The standard InChI is InChI=1S/C13H15NO3/c1-9(2)14-13(17)12(16)8-11(15)10-6-4-3-5-7-10/h3-7,9H,8H2,1-2H3,(H,14,17). The van der Waals surface area contributed by atoms with Crippen LogP contribution >= 0.6 is 0 Å². The molecule has 1 aromatic carbocycles. The fraction of sp³-hybridized carbons (Fsp3) is 0.308. The van der Waals surface area contributed by atoms with Gasteiger partial charge in [-0.2, -0.15) is 0 Å². The average molecular weight is 233 g/mol. The first-order chi connectivity index (χ1) is 8.00. The second kappa shape index (κ2) is 5.94. The van der Waals surface area contributed by atoms with E-state index in [9.17, 15) is 14.4 Å². The zero-order chi connectivity index (χ0) is 12.8. The first kappa shape index (κ1) is 13.1. The van der Waals surface area contributed by atoms with E-state index in [-0.39, 0.29) is 18.2 Å². The highest BCUT2D eigenvalue weighted by atomic mass is 16.2. The van der Waals surface area contributed by atoms with Gasteiger partial charge < -0.3 is 5.32 Å². The van der Waals surface area contributed by atoms with Crippen molar-refractivity contribution in [3.63, 3.8) is 0 Å². The zero-order valence-corrected chi connectivity index (χ0v) is 9.90. The molecule has 0 saturated heterocycles. The lowest BCUT2D eigenvalue weighted by atomic mass is 10.1. The van der Waals surface area contributed by atoms with Gasteiger partial charge in [-0.15, -0.1) is 0 Å². The number of carbonyl (C=O) groups is 3. The van der Waals surface area contributed by atoms with E-state index in [1.807, 2.05) is 0 Å². The average Bonchev–Trinajstić information content (AvgIpc) is 2.29. The summed E-state index contributed by atoms with van der Waals surface area (Å²) < 4.78 is 0. The van der Waals surface area contributed by atoms with Crippen LogP contribution in [0, 0.1) is 0 Å². The summed E-state index contributed by atoms with van der Waals surface area (Å²) in [5.41, 5.74) is 0.443. The van der Waals surface area contributed by atoms with Crippen molar-refractivity contribution in [3.8, 4) is 0 Å². The van der Waals surface area contributed by atoms with Crippen LogP contribution in [0.25, 0.3) is 0 Å². The number of hydrogen-bond donors (Lipinski definition) is 1. The van der Waals surface area contributed by atoms with E-state index in [2.05, 4.69) is 5.32 Å². The summed E-state index contributed by atoms with van der Waals surface area (Å²) in [6.45, 7) is 3.51. The minimum atomic E-state index is -0.704. The lowest BCUT2D eigenvalue weighted by molar-refractivity contribution is -0.137. The number of ketones is 2. The normalized spacial score (nSPS) is 10.1. The smallest absolute Gasteiger partial charge is 0.288 e. The highest BCUT2D eigenvalue weighted by Crippen LogP contribution is 2.03. The molecule has 1 rings (SSSR count). The molecule has 90 valence electrons. The minimum Gasteiger partial charge on any atom is -0.347 e. The maximum atomic E-state index is 11.6. The predicted molar refractivity (Wildman–Crippen MR) is 63.7 cm³/mol. The van der Waals surface area contributed by atoms with Crippen molar-refractivity contribution in [2.75, 3.05) is 0 Å². The number of amides is 1. The van der Waals surface area contributed by atoms with E-state index in [1.54, 1.807) is 44.2 Å². The molecule has 0 bridgehead atoms. The van der Waals surface area contributed by atoms with Gasteiger partial charge in [-0.05, 0) is 13.8 Å². The van der Waals surface area contributed by atoms with Crippen LogP contribution < -0.4 is 5.32 Å². The van der Waals surface area contributed by atoms with Gasteiger partial charge >= 0.3 is 0 Å². The van der Waals surface area contributed by atoms with Gasteiger partial charge in [-0.25, -0.2) is 0 Å². The van der Waals surface area contributed by atoms with Crippen molar-refractivity contribution in [2.24, 2.45) is 0 Å². The zero-order valence-electron chi connectivity index (χ0n) is 9.90. The molecule has 0 atom stereocenters. The third-order valence-corrected chi connectivity index (χ3v) is 2.09. The summed E-state index contributed by atoms with van der Waals surface area (Å²) in [5.74, 6) is -1.74. The van der Waals surface area contributed by atoms with E-state index in [0.29, 0.717) is 5.56 Å². The Morgan fingerprint density at radius 1 is 1.12 bits per heavy atom. The largest absolute Gasteiger partial charge is 0.347 e. The number of benzene rings is 1. The Morgan fingerprint density at radius 3 is 2.24 bits per heavy atom. The van der Waals surface area contributed by atoms with Crippen LogP contribution in [0.5, 0.6) is 0 Å². The Morgan fingerprint density at radius 2 is 1.71 bits per heavy atom. The predicted octanol–water partition coefficient (Wildman–Crippen LogP) is 1.35. The lowest BCUT2D eigenvalue weighted by Crippen LogP contribution is -2.36. The Hall–Kier alpha value is -1.97. The molecule has 4 heteroatoms. The molecule has 0 radical (unpaired) electrons. The molecular weight excluding hydrogens is 218 g/mol. The van der Waals surface area contributed by atoms with Gasteiger partial charge in [0.2, 0.25) is 5.78 Å². The van der Waals surface area contributed by atoms with Crippen LogP contribution in [0.15, 0.2) is 30.3 Å². The Labute approximate surface area is 100 Å². The van der Waals surface area contributed by atoms with Crippen molar-refractivity contribution in [2.45, 2.75) is 26.3 Å². The Bertz CT molecular complexity index is 424. The van der Waals surface area contributed by atoms with Crippen molar-refractivity contribution in [3.05, 3.63) is 35.9 Å². The monoisotopic (exact) mass is 233 g/mol. The molecular formula is C13H15NO3. The molecule has 1 amide bonds. The van der Waals surface area contributed by atoms with E-state index in [1.165, 1.54) is 0 Å². The van der Waals surface area contributed by atoms with Crippen LogP contribution in [0.4, 0.5) is 0 Å².